The number of benzene rings is 8. The van der Waals surface area contributed by atoms with Crippen LogP contribution in [0.15, 0.2) is 206 Å². The second-order valence-electron chi connectivity index (χ2n) is 15.0. The fraction of sp³-hybridized carbons (Fsp3) is 0. The maximum absolute atomic E-state index is 5.57. The van der Waals surface area contributed by atoms with E-state index in [-0.39, 0.29) is 0 Å². The van der Waals surface area contributed by atoms with E-state index in [0.717, 1.165) is 66.8 Å². The highest BCUT2D eigenvalue weighted by Crippen LogP contribution is 2.42. The molecule has 0 saturated carbocycles. The second kappa shape index (κ2) is 12.9. The number of hydrogen-bond acceptors (Lipinski definition) is 2. The van der Waals surface area contributed by atoms with Crippen molar-refractivity contribution in [1.29, 1.82) is 0 Å². The molecule has 4 heterocycles. The summed E-state index contributed by atoms with van der Waals surface area (Å²) in [5, 5.41) is 5.82. The van der Waals surface area contributed by atoms with Gasteiger partial charge in [0.1, 0.15) is 11.5 Å². The molecule has 12 aromatic rings. The van der Waals surface area contributed by atoms with E-state index in [1.54, 1.807) is 0 Å². The summed E-state index contributed by atoms with van der Waals surface area (Å²) in [4.78, 5) is 10.8. The minimum Gasteiger partial charge on any atom is -0.293 e. The summed E-state index contributed by atoms with van der Waals surface area (Å²) in [6.07, 6.45) is 0. The molecular weight excluding hydrogens is 705 g/mol. The van der Waals surface area contributed by atoms with Crippen molar-refractivity contribution in [2.24, 2.45) is 0 Å². The lowest BCUT2D eigenvalue weighted by molar-refractivity contribution is 1.09. The van der Waals surface area contributed by atoms with Gasteiger partial charge in [0.2, 0.25) is 0 Å². The monoisotopic (exact) mass is 738 g/mol. The van der Waals surface area contributed by atoms with E-state index in [1.807, 2.05) is 0 Å². The average molecular weight is 739 g/mol. The Morgan fingerprint density at radius 2 is 0.845 bits per heavy atom. The van der Waals surface area contributed by atoms with E-state index in [9.17, 15) is 0 Å². The maximum atomic E-state index is 5.57. The molecule has 0 unspecified atom stereocenters. The van der Waals surface area contributed by atoms with Gasteiger partial charge < -0.3 is 0 Å². The highest BCUT2D eigenvalue weighted by atomic mass is 15.1. The molecule has 0 aliphatic heterocycles. The van der Waals surface area contributed by atoms with Gasteiger partial charge in [-0.05, 0) is 75.8 Å². The number of para-hydroxylation sites is 4. The summed E-state index contributed by atoms with van der Waals surface area (Å²) in [6, 6.07) is 73.8. The van der Waals surface area contributed by atoms with Gasteiger partial charge in [-0.2, -0.15) is 0 Å². The number of aromatic nitrogens is 4. The summed E-state index contributed by atoms with van der Waals surface area (Å²) in [7, 11) is 0. The van der Waals surface area contributed by atoms with Gasteiger partial charge >= 0.3 is 0 Å². The molecule has 0 amide bonds. The minimum atomic E-state index is 0.864. The molecule has 4 nitrogen and oxygen atoms in total. The Bertz CT molecular complexity index is 3420. The zero-order valence-corrected chi connectivity index (χ0v) is 31.4. The SMILES string of the molecule is c1ccc(-c2ccc(-c3cc(-c4ccc(-c5ccccc5)cc4)nc(-n4c5ccccc5c5ccc6c(c7ccccc7n7c8ccccc8nc67)c54)c3)cc2)cc1. The van der Waals surface area contributed by atoms with Gasteiger partial charge in [-0.3, -0.25) is 8.97 Å². The lowest BCUT2D eigenvalue weighted by Crippen LogP contribution is -2.01. The van der Waals surface area contributed by atoms with Crippen LogP contribution in [0, 0.1) is 0 Å². The van der Waals surface area contributed by atoms with Crippen LogP contribution in [-0.2, 0) is 0 Å². The first-order chi connectivity index (χ1) is 28.8. The molecule has 0 aliphatic carbocycles. The predicted molar refractivity (Wildman–Crippen MR) is 242 cm³/mol. The molecule has 270 valence electrons. The predicted octanol–water partition coefficient (Wildman–Crippen LogP) is 14.0. The van der Waals surface area contributed by atoms with Crippen LogP contribution in [0.3, 0.4) is 0 Å². The Morgan fingerprint density at radius 3 is 1.53 bits per heavy atom. The van der Waals surface area contributed by atoms with E-state index in [4.69, 9.17) is 9.97 Å². The van der Waals surface area contributed by atoms with Crippen LogP contribution in [0.1, 0.15) is 0 Å². The molecule has 0 spiro atoms. The molecular formula is C54H34N4. The molecule has 0 atom stereocenters. The van der Waals surface area contributed by atoms with Crippen molar-refractivity contribution in [3.05, 3.63) is 206 Å². The van der Waals surface area contributed by atoms with Gasteiger partial charge in [-0.1, -0.05) is 164 Å². The summed E-state index contributed by atoms with van der Waals surface area (Å²) < 4.78 is 4.71. The average Bonchev–Trinajstić information content (AvgIpc) is 3.86. The van der Waals surface area contributed by atoms with Gasteiger partial charge in [-0.25, -0.2) is 9.97 Å². The van der Waals surface area contributed by atoms with Crippen molar-refractivity contribution in [1.82, 2.24) is 18.9 Å². The minimum absolute atomic E-state index is 0.864. The zero-order chi connectivity index (χ0) is 38.2. The molecule has 8 aromatic carbocycles. The van der Waals surface area contributed by atoms with E-state index in [2.05, 4.69) is 215 Å². The maximum Gasteiger partial charge on any atom is 0.146 e. The van der Waals surface area contributed by atoms with E-state index >= 15 is 0 Å². The molecule has 0 N–H and O–H groups in total. The first kappa shape index (κ1) is 32.4. The number of pyridine rings is 2. The molecule has 0 saturated heterocycles. The normalized spacial score (nSPS) is 11.8. The smallest absolute Gasteiger partial charge is 0.146 e. The highest BCUT2D eigenvalue weighted by Gasteiger charge is 2.22. The van der Waals surface area contributed by atoms with Crippen LogP contribution in [-0.4, -0.2) is 18.9 Å². The second-order valence-corrected chi connectivity index (χ2v) is 15.0. The third-order valence-electron chi connectivity index (χ3n) is 11.7. The lowest BCUT2D eigenvalue weighted by atomic mass is 9.98. The topological polar surface area (TPSA) is 35.1 Å². The lowest BCUT2D eigenvalue weighted by Gasteiger charge is -2.15. The molecule has 58 heavy (non-hydrogen) atoms. The van der Waals surface area contributed by atoms with Crippen molar-refractivity contribution in [3.8, 4) is 50.5 Å². The Kier molecular flexibility index (Phi) is 7.20. The Hall–Kier alpha value is -7.82. The van der Waals surface area contributed by atoms with Gasteiger partial charge in [0, 0.05) is 32.5 Å². The quantitative estimate of drug-likeness (QED) is 0.165. The third kappa shape index (κ3) is 5.02. The summed E-state index contributed by atoms with van der Waals surface area (Å²) in [5.74, 6) is 0.864. The van der Waals surface area contributed by atoms with Gasteiger partial charge in [-0.15, -0.1) is 0 Å². The van der Waals surface area contributed by atoms with E-state index < -0.39 is 0 Å². The third-order valence-corrected chi connectivity index (χ3v) is 11.7. The molecule has 0 fully saturated rings. The van der Waals surface area contributed by atoms with Gasteiger partial charge in [0.15, 0.2) is 0 Å². The molecule has 0 aliphatic rings. The molecule has 12 rings (SSSR count). The van der Waals surface area contributed by atoms with Gasteiger partial charge in [0.05, 0.1) is 33.3 Å². The zero-order valence-electron chi connectivity index (χ0n) is 31.4. The number of imidazole rings is 1. The summed E-state index contributed by atoms with van der Waals surface area (Å²) >= 11 is 0. The van der Waals surface area contributed by atoms with Crippen molar-refractivity contribution >= 4 is 60.2 Å². The van der Waals surface area contributed by atoms with Crippen LogP contribution in [0.5, 0.6) is 0 Å². The molecule has 4 heteroatoms. The fourth-order valence-electron chi connectivity index (χ4n) is 8.98. The Labute approximate surface area is 334 Å². The van der Waals surface area contributed by atoms with Crippen molar-refractivity contribution < 1.29 is 0 Å². The Morgan fingerprint density at radius 1 is 0.328 bits per heavy atom. The van der Waals surface area contributed by atoms with Crippen molar-refractivity contribution in [3.63, 3.8) is 0 Å². The molecule has 0 bridgehead atoms. The van der Waals surface area contributed by atoms with Crippen molar-refractivity contribution in [2.45, 2.75) is 0 Å². The van der Waals surface area contributed by atoms with Crippen LogP contribution in [0.2, 0.25) is 0 Å². The highest BCUT2D eigenvalue weighted by molar-refractivity contribution is 6.28. The first-order valence-electron chi connectivity index (χ1n) is 19.7. The summed E-state index contributed by atoms with van der Waals surface area (Å²) in [5.41, 5.74) is 15.4. The number of hydrogen-bond donors (Lipinski definition) is 0. The molecule has 4 aromatic heterocycles. The Balaban J connectivity index is 1.16. The van der Waals surface area contributed by atoms with Crippen LogP contribution in [0.4, 0.5) is 0 Å². The van der Waals surface area contributed by atoms with E-state index in [0.29, 0.717) is 0 Å². The number of fused-ring (bicyclic) bond motifs is 12. The van der Waals surface area contributed by atoms with Crippen molar-refractivity contribution in [2.75, 3.05) is 0 Å². The fourth-order valence-corrected chi connectivity index (χ4v) is 8.98. The van der Waals surface area contributed by atoms with Gasteiger partial charge in [0.25, 0.3) is 0 Å². The van der Waals surface area contributed by atoms with Crippen LogP contribution < -0.4 is 0 Å². The van der Waals surface area contributed by atoms with E-state index in [1.165, 1.54) is 43.8 Å². The first-order valence-corrected chi connectivity index (χ1v) is 19.7. The number of rotatable bonds is 5. The standard InChI is InChI=1S/C54H34N4/c1-3-13-35(14-4-1)37-23-25-39(26-24-37)41-33-47(40-29-27-38(28-30-40)36-15-5-2-6-16-36)55-51(34-41)58-48-20-10-7-17-42(48)43-31-32-45-52(53(43)58)44-18-8-11-21-49(44)57-50-22-12-9-19-46(50)56-54(45)57/h1-34H. The number of nitrogens with zero attached hydrogens (tertiary/aromatic N) is 4. The summed E-state index contributed by atoms with van der Waals surface area (Å²) in [6.45, 7) is 0. The van der Waals surface area contributed by atoms with Crippen LogP contribution in [0.25, 0.3) is 111 Å². The largest absolute Gasteiger partial charge is 0.293 e. The van der Waals surface area contributed by atoms with Crippen LogP contribution >= 0.6 is 0 Å². The molecule has 0 radical (unpaired) electrons.